The first-order valence-electron chi connectivity index (χ1n) is 10.5. The summed E-state index contributed by atoms with van der Waals surface area (Å²) in [6.07, 6.45) is 7.84. The van der Waals surface area contributed by atoms with Crippen LogP contribution in [0.1, 0.15) is 38.5 Å². The van der Waals surface area contributed by atoms with Gasteiger partial charge in [0.15, 0.2) is 11.7 Å². The summed E-state index contributed by atoms with van der Waals surface area (Å²) >= 11 is 12.0. The van der Waals surface area contributed by atoms with Crippen LogP contribution in [-0.2, 0) is 14.8 Å². The summed E-state index contributed by atoms with van der Waals surface area (Å²) in [7, 11) is -4.06. The van der Waals surface area contributed by atoms with E-state index < -0.39 is 16.1 Å². The highest BCUT2D eigenvalue weighted by Gasteiger charge is 2.31. The number of ketones is 1. The number of imidazole rings is 1. The first kappa shape index (κ1) is 24.8. The standard InChI is InChI=1S/C20H28Cl2N6O3S/c21-14-11-13(12-15(22)18(14)23)32(30,31)28-17(6-4-8-25-20-26-9-10-27-20)19(29)16-5-2-1-3-7-24-16/h9-12,16-17,24,28H,1-8,23H2,(H2,25,26,27)/t16?,17-/m0/s1. The Hall–Kier alpha value is -1.85. The molecular weight excluding hydrogens is 475 g/mol. The number of H-pyrrole nitrogens is 1. The number of rotatable bonds is 10. The lowest BCUT2D eigenvalue weighted by Crippen LogP contribution is -2.49. The quantitative estimate of drug-likeness (QED) is 0.248. The molecule has 176 valence electrons. The van der Waals surface area contributed by atoms with Crippen LogP contribution in [0.4, 0.5) is 11.6 Å². The van der Waals surface area contributed by atoms with Crippen molar-refractivity contribution in [1.29, 1.82) is 0 Å². The van der Waals surface area contributed by atoms with E-state index in [1.54, 1.807) is 12.4 Å². The zero-order valence-electron chi connectivity index (χ0n) is 17.5. The monoisotopic (exact) mass is 502 g/mol. The maximum Gasteiger partial charge on any atom is 0.241 e. The molecule has 1 aromatic heterocycles. The fraction of sp³-hybridized carbons (Fsp3) is 0.500. The van der Waals surface area contributed by atoms with E-state index in [4.69, 9.17) is 28.9 Å². The summed E-state index contributed by atoms with van der Waals surface area (Å²) in [5.41, 5.74) is 5.82. The normalized spacial score (nSPS) is 18.1. The number of benzene rings is 1. The highest BCUT2D eigenvalue weighted by atomic mass is 35.5. The molecule has 1 saturated heterocycles. The SMILES string of the molecule is Nc1c(Cl)cc(S(=O)(=O)N[C@@H](CCCNc2ncc[nH]2)C(=O)C2CCCCCN2)cc1Cl. The lowest BCUT2D eigenvalue weighted by molar-refractivity contribution is -0.123. The van der Waals surface area contributed by atoms with Crippen molar-refractivity contribution in [3.05, 3.63) is 34.6 Å². The Bertz CT molecular complexity index is 985. The predicted molar refractivity (Wildman–Crippen MR) is 127 cm³/mol. The molecular formula is C20H28Cl2N6O3S. The number of nitrogens with one attached hydrogen (secondary N) is 4. The minimum Gasteiger partial charge on any atom is -0.396 e. The summed E-state index contributed by atoms with van der Waals surface area (Å²) in [6.45, 7) is 1.26. The molecule has 3 rings (SSSR count). The van der Waals surface area contributed by atoms with Gasteiger partial charge in [-0.15, -0.1) is 0 Å². The molecule has 1 fully saturated rings. The second-order valence-corrected chi connectivity index (χ2v) is 10.3. The molecule has 32 heavy (non-hydrogen) atoms. The number of anilines is 2. The molecule has 0 spiro atoms. The van der Waals surface area contributed by atoms with Crippen LogP contribution in [-0.4, -0.2) is 49.3 Å². The number of carbonyl (C=O) groups is 1. The van der Waals surface area contributed by atoms with E-state index in [-0.39, 0.29) is 32.5 Å². The molecule has 1 aliphatic heterocycles. The number of nitrogens with two attached hydrogens (primary N) is 1. The molecule has 0 aliphatic carbocycles. The van der Waals surface area contributed by atoms with Crippen LogP contribution >= 0.6 is 23.2 Å². The topological polar surface area (TPSA) is 142 Å². The van der Waals surface area contributed by atoms with Crippen molar-refractivity contribution in [2.75, 3.05) is 24.1 Å². The minimum atomic E-state index is -4.06. The Morgan fingerprint density at radius 3 is 2.69 bits per heavy atom. The number of hydrogen-bond donors (Lipinski definition) is 5. The molecule has 0 bridgehead atoms. The molecule has 2 atom stereocenters. The zero-order valence-corrected chi connectivity index (χ0v) is 19.9. The van der Waals surface area contributed by atoms with Crippen molar-refractivity contribution in [2.24, 2.45) is 0 Å². The van der Waals surface area contributed by atoms with Gasteiger partial charge >= 0.3 is 0 Å². The van der Waals surface area contributed by atoms with Gasteiger partial charge in [0, 0.05) is 18.9 Å². The van der Waals surface area contributed by atoms with Gasteiger partial charge in [-0.2, -0.15) is 0 Å². The van der Waals surface area contributed by atoms with Crippen LogP contribution in [0.3, 0.4) is 0 Å². The van der Waals surface area contributed by atoms with Crippen LogP contribution in [0, 0.1) is 0 Å². The van der Waals surface area contributed by atoms with E-state index in [0.717, 1.165) is 25.8 Å². The second kappa shape index (κ2) is 11.3. The molecule has 1 aromatic carbocycles. The third-order valence-corrected chi connectivity index (χ3v) is 7.44. The summed E-state index contributed by atoms with van der Waals surface area (Å²) in [5, 5.41) is 6.43. The summed E-state index contributed by atoms with van der Waals surface area (Å²) < 4.78 is 28.7. The average molecular weight is 503 g/mol. The van der Waals surface area contributed by atoms with Crippen LogP contribution in [0.2, 0.25) is 10.0 Å². The molecule has 2 aromatic rings. The van der Waals surface area contributed by atoms with Gasteiger partial charge < -0.3 is 21.4 Å². The van der Waals surface area contributed by atoms with Gasteiger partial charge in [-0.25, -0.2) is 18.1 Å². The third kappa shape index (κ3) is 6.58. The Kier molecular flexibility index (Phi) is 8.78. The number of sulfonamides is 1. The first-order valence-corrected chi connectivity index (χ1v) is 12.8. The highest BCUT2D eigenvalue weighted by Crippen LogP contribution is 2.31. The van der Waals surface area contributed by atoms with Gasteiger partial charge in [0.25, 0.3) is 0 Å². The fourth-order valence-electron chi connectivity index (χ4n) is 3.62. The summed E-state index contributed by atoms with van der Waals surface area (Å²) in [6, 6.07) is 1.18. The molecule has 1 unspecified atom stereocenters. The van der Waals surface area contributed by atoms with Gasteiger partial charge in [-0.1, -0.05) is 36.0 Å². The van der Waals surface area contributed by atoms with Gasteiger partial charge in [-0.3, -0.25) is 4.79 Å². The Morgan fingerprint density at radius 1 is 1.25 bits per heavy atom. The summed E-state index contributed by atoms with van der Waals surface area (Å²) in [4.78, 5) is 20.2. The van der Waals surface area contributed by atoms with Gasteiger partial charge in [0.05, 0.1) is 32.7 Å². The number of carbonyl (C=O) groups excluding carboxylic acids is 1. The van der Waals surface area contributed by atoms with E-state index in [2.05, 4.69) is 25.3 Å². The van der Waals surface area contributed by atoms with E-state index >= 15 is 0 Å². The lowest BCUT2D eigenvalue weighted by atomic mass is 9.98. The second-order valence-electron chi connectivity index (χ2n) is 7.74. The first-order chi connectivity index (χ1) is 15.3. The molecule has 12 heteroatoms. The third-order valence-electron chi connectivity index (χ3n) is 5.37. The molecule has 9 nitrogen and oxygen atoms in total. The van der Waals surface area contributed by atoms with E-state index in [0.29, 0.717) is 31.8 Å². The number of hydrogen-bond acceptors (Lipinski definition) is 7. The number of Topliss-reactive ketones (excluding diaryl/α,β-unsaturated/α-hetero) is 1. The van der Waals surface area contributed by atoms with Gasteiger partial charge in [0.2, 0.25) is 10.0 Å². The number of nitrogen functional groups attached to an aromatic ring is 1. The van der Waals surface area contributed by atoms with Crippen molar-refractivity contribution in [3.8, 4) is 0 Å². The van der Waals surface area contributed by atoms with Crippen LogP contribution in [0.25, 0.3) is 0 Å². The maximum atomic E-state index is 13.3. The molecule has 0 saturated carbocycles. The largest absolute Gasteiger partial charge is 0.396 e. The number of nitrogens with zero attached hydrogens (tertiary/aromatic N) is 1. The maximum absolute atomic E-state index is 13.3. The Balaban J connectivity index is 1.74. The van der Waals surface area contributed by atoms with Gasteiger partial charge in [0.1, 0.15) is 0 Å². The van der Waals surface area contributed by atoms with Crippen LogP contribution in [0.5, 0.6) is 0 Å². The van der Waals surface area contributed by atoms with E-state index in [1.807, 2.05) is 0 Å². The van der Waals surface area contributed by atoms with E-state index in [1.165, 1.54) is 12.1 Å². The molecule has 2 heterocycles. The van der Waals surface area contributed by atoms with Crippen LogP contribution < -0.4 is 21.1 Å². The lowest BCUT2D eigenvalue weighted by Gasteiger charge is -2.23. The van der Waals surface area contributed by atoms with Crippen LogP contribution in [0.15, 0.2) is 29.4 Å². The Labute approximate surface area is 197 Å². The van der Waals surface area contributed by atoms with Crippen molar-refractivity contribution >= 4 is 50.6 Å². The number of halogens is 2. The number of aromatic nitrogens is 2. The zero-order chi connectivity index (χ0) is 23.1. The molecule has 6 N–H and O–H groups in total. The molecule has 1 aliphatic rings. The minimum absolute atomic E-state index is 0.0360. The average Bonchev–Trinajstić information content (AvgIpc) is 3.13. The Morgan fingerprint density at radius 2 is 2.00 bits per heavy atom. The van der Waals surface area contributed by atoms with Crippen molar-refractivity contribution < 1.29 is 13.2 Å². The molecule has 0 radical (unpaired) electrons. The fourth-order valence-corrected chi connectivity index (χ4v) is 5.53. The van der Waals surface area contributed by atoms with Crippen molar-refractivity contribution in [1.82, 2.24) is 20.0 Å². The van der Waals surface area contributed by atoms with E-state index in [9.17, 15) is 13.2 Å². The van der Waals surface area contributed by atoms with Crippen molar-refractivity contribution in [3.63, 3.8) is 0 Å². The van der Waals surface area contributed by atoms with Gasteiger partial charge in [-0.05, 0) is 44.4 Å². The predicted octanol–water partition coefficient (Wildman–Crippen LogP) is 2.94. The smallest absolute Gasteiger partial charge is 0.241 e. The van der Waals surface area contributed by atoms with Crippen molar-refractivity contribution in [2.45, 2.75) is 55.5 Å². The number of aromatic amines is 1. The highest BCUT2D eigenvalue weighted by molar-refractivity contribution is 7.89. The summed E-state index contributed by atoms with van der Waals surface area (Å²) in [5.74, 6) is 0.450. The molecule has 0 amide bonds.